The molecule has 2 N–H and O–H groups in total. The Morgan fingerprint density at radius 1 is 1.15 bits per heavy atom. The fourth-order valence-corrected chi connectivity index (χ4v) is 1.25. The Balaban J connectivity index is 4.52. The number of nitrogens with two attached hydrogens (primary N) is 1. The van der Waals surface area contributed by atoms with Crippen LogP contribution in [0.2, 0.25) is 0 Å². The van der Waals surface area contributed by atoms with Crippen molar-refractivity contribution in [3.63, 3.8) is 0 Å². The maximum absolute atomic E-state index is 5.75. The van der Waals surface area contributed by atoms with E-state index in [9.17, 15) is 0 Å². The number of hydrogen-bond acceptors (Lipinski definition) is 2. The number of rotatable bonds is 3. The summed E-state index contributed by atoms with van der Waals surface area (Å²) < 4.78 is 0. The van der Waals surface area contributed by atoms with E-state index in [1.807, 2.05) is 0 Å². The first kappa shape index (κ1) is 12.9. The molecule has 0 aliphatic rings. The van der Waals surface area contributed by atoms with Crippen molar-refractivity contribution in [2.45, 2.75) is 53.1 Å². The van der Waals surface area contributed by atoms with Crippen molar-refractivity contribution in [3.8, 4) is 0 Å². The molecule has 13 heavy (non-hydrogen) atoms. The summed E-state index contributed by atoms with van der Waals surface area (Å²) in [6.45, 7) is 14.1. The monoisotopic (exact) mass is 186 g/mol. The Morgan fingerprint density at radius 2 is 1.54 bits per heavy atom. The average molecular weight is 186 g/mol. The molecule has 0 saturated heterocycles. The fraction of sp³-hybridized carbons (Fsp3) is 1.00. The molecule has 0 rings (SSSR count). The van der Waals surface area contributed by atoms with Crippen LogP contribution in [-0.2, 0) is 0 Å². The molecule has 0 radical (unpaired) electrons. The van der Waals surface area contributed by atoms with Crippen molar-refractivity contribution in [2.75, 3.05) is 13.6 Å². The highest BCUT2D eigenvalue weighted by Crippen LogP contribution is 2.27. The maximum Gasteiger partial charge on any atom is 0.0275 e. The summed E-state index contributed by atoms with van der Waals surface area (Å²) in [4.78, 5) is 2.37. The van der Waals surface area contributed by atoms with E-state index in [2.05, 4.69) is 53.5 Å². The van der Waals surface area contributed by atoms with Crippen LogP contribution in [0.4, 0.5) is 0 Å². The topological polar surface area (TPSA) is 29.3 Å². The van der Waals surface area contributed by atoms with Gasteiger partial charge in [0.15, 0.2) is 0 Å². The smallest absolute Gasteiger partial charge is 0.0275 e. The molecule has 0 aromatic heterocycles. The molecule has 2 nitrogen and oxygen atoms in total. The van der Waals surface area contributed by atoms with Crippen LogP contribution >= 0.6 is 0 Å². The number of hydrogen-bond donors (Lipinski definition) is 1. The first-order chi connectivity index (χ1) is 5.63. The molecule has 0 saturated carbocycles. The van der Waals surface area contributed by atoms with Gasteiger partial charge in [0.25, 0.3) is 0 Å². The van der Waals surface area contributed by atoms with Crippen LogP contribution in [0, 0.1) is 5.41 Å². The van der Waals surface area contributed by atoms with Crippen LogP contribution in [0.3, 0.4) is 0 Å². The van der Waals surface area contributed by atoms with Crippen molar-refractivity contribution < 1.29 is 0 Å². The largest absolute Gasteiger partial charge is 0.329 e. The van der Waals surface area contributed by atoms with Crippen molar-refractivity contribution in [2.24, 2.45) is 11.1 Å². The van der Waals surface area contributed by atoms with Crippen LogP contribution in [0.5, 0.6) is 0 Å². The molecule has 1 unspecified atom stereocenters. The molecule has 0 bridgehead atoms. The maximum atomic E-state index is 5.75. The minimum Gasteiger partial charge on any atom is -0.329 e. The van der Waals surface area contributed by atoms with Gasteiger partial charge >= 0.3 is 0 Å². The molecule has 0 aliphatic heterocycles. The Labute approximate surface area is 83.5 Å². The first-order valence-corrected chi connectivity index (χ1v) is 5.06. The van der Waals surface area contributed by atoms with Crippen LogP contribution in [-0.4, -0.2) is 30.1 Å². The van der Waals surface area contributed by atoms with Gasteiger partial charge in [0.1, 0.15) is 0 Å². The standard InChI is InChI=1S/C11H26N2/c1-9(10(2,3)4)13(7)11(5,6)8-12/h9H,8,12H2,1-7H3. The van der Waals surface area contributed by atoms with Gasteiger partial charge in [0.05, 0.1) is 0 Å². The van der Waals surface area contributed by atoms with Crippen LogP contribution in [0.25, 0.3) is 0 Å². The fourth-order valence-electron chi connectivity index (χ4n) is 1.25. The number of likely N-dealkylation sites (N-methyl/N-ethyl adjacent to an activating group) is 1. The SMILES string of the molecule is CC(N(C)C(C)(C)CN)C(C)(C)C. The summed E-state index contributed by atoms with van der Waals surface area (Å²) in [5.41, 5.74) is 6.14. The third-order valence-electron chi connectivity index (χ3n) is 3.29. The second-order valence-corrected chi connectivity index (χ2v) is 5.67. The molecule has 80 valence electrons. The van der Waals surface area contributed by atoms with E-state index in [1.165, 1.54) is 0 Å². The van der Waals surface area contributed by atoms with Crippen LogP contribution in [0.15, 0.2) is 0 Å². The minimum absolute atomic E-state index is 0.0900. The van der Waals surface area contributed by atoms with E-state index in [4.69, 9.17) is 5.73 Å². The zero-order chi connectivity index (χ0) is 10.9. The summed E-state index contributed by atoms with van der Waals surface area (Å²) in [6.07, 6.45) is 0. The lowest BCUT2D eigenvalue weighted by atomic mass is 9.84. The summed E-state index contributed by atoms with van der Waals surface area (Å²) in [5.74, 6) is 0. The normalized spacial score (nSPS) is 16.4. The predicted molar refractivity (Wildman–Crippen MR) is 59.8 cm³/mol. The molecule has 0 heterocycles. The first-order valence-electron chi connectivity index (χ1n) is 5.06. The van der Waals surface area contributed by atoms with Crippen molar-refractivity contribution in [1.29, 1.82) is 0 Å². The second-order valence-electron chi connectivity index (χ2n) is 5.67. The highest BCUT2D eigenvalue weighted by Gasteiger charge is 2.32. The van der Waals surface area contributed by atoms with Gasteiger partial charge in [-0.05, 0) is 33.2 Å². The van der Waals surface area contributed by atoms with Gasteiger partial charge in [-0.25, -0.2) is 0 Å². The third-order valence-corrected chi connectivity index (χ3v) is 3.29. The van der Waals surface area contributed by atoms with E-state index in [0.717, 1.165) is 0 Å². The lowest BCUT2D eigenvalue weighted by Gasteiger charge is -2.44. The number of nitrogens with zero attached hydrogens (tertiary/aromatic N) is 1. The molecular weight excluding hydrogens is 160 g/mol. The summed E-state index contributed by atoms with van der Waals surface area (Å²) in [5, 5.41) is 0. The van der Waals surface area contributed by atoms with Gasteiger partial charge in [-0.2, -0.15) is 0 Å². The predicted octanol–water partition coefficient (Wildman–Crippen LogP) is 2.09. The van der Waals surface area contributed by atoms with Gasteiger partial charge in [0.2, 0.25) is 0 Å². The van der Waals surface area contributed by atoms with Crippen molar-refractivity contribution in [3.05, 3.63) is 0 Å². The van der Waals surface area contributed by atoms with E-state index in [0.29, 0.717) is 18.0 Å². The quantitative estimate of drug-likeness (QED) is 0.731. The van der Waals surface area contributed by atoms with Crippen molar-refractivity contribution in [1.82, 2.24) is 4.90 Å². The lowest BCUT2D eigenvalue weighted by molar-refractivity contribution is 0.0536. The van der Waals surface area contributed by atoms with Gasteiger partial charge in [-0.15, -0.1) is 0 Å². The zero-order valence-corrected chi connectivity index (χ0v) is 10.3. The van der Waals surface area contributed by atoms with E-state index in [1.54, 1.807) is 0 Å². The molecule has 0 aromatic carbocycles. The average Bonchev–Trinajstić information content (AvgIpc) is 2.00. The molecule has 2 heteroatoms. The lowest BCUT2D eigenvalue weighted by Crippen LogP contribution is -2.54. The van der Waals surface area contributed by atoms with E-state index in [-0.39, 0.29) is 5.54 Å². The third kappa shape index (κ3) is 3.28. The van der Waals surface area contributed by atoms with Crippen molar-refractivity contribution >= 4 is 0 Å². The highest BCUT2D eigenvalue weighted by atomic mass is 15.2. The molecular formula is C11H26N2. The Bertz CT molecular complexity index is 156. The van der Waals surface area contributed by atoms with Gasteiger partial charge in [0, 0.05) is 18.1 Å². The van der Waals surface area contributed by atoms with Crippen LogP contribution < -0.4 is 5.73 Å². The summed E-state index contributed by atoms with van der Waals surface area (Å²) in [7, 11) is 2.16. The Morgan fingerprint density at radius 3 is 1.77 bits per heavy atom. The summed E-state index contributed by atoms with van der Waals surface area (Å²) >= 11 is 0. The van der Waals surface area contributed by atoms with Gasteiger partial charge < -0.3 is 5.73 Å². The molecule has 0 aliphatic carbocycles. The minimum atomic E-state index is 0.0900. The second kappa shape index (κ2) is 3.97. The Hall–Kier alpha value is -0.0800. The van der Waals surface area contributed by atoms with Gasteiger partial charge in [-0.3, -0.25) is 4.90 Å². The molecule has 0 fully saturated rings. The summed E-state index contributed by atoms with van der Waals surface area (Å²) in [6, 6.07) is 0.533. The van der Waals surface area contributed by atoms with Crippen LogP contribution in [0.1, 0.15) is 41.5 Å². The molecule has 0 aromatic rings. The van der Waals surface area contributed by atoms with Gasteiger partial charge in [-0.1, -0.05) is 20.8 Å². The van der Waals surface area contributed by atoms with E-state index < -0.39 is 0 Å². The Kier molecular flexibility index (Phi) is 3.95. The molecule has 1 atom stereocenters. The zero-order valence-electron chi connectivity index (χ0n) is 10.3. The highest BCUT2D eigenvalue weighted by molar-refractivity contribution is 4.88. The molecule has 0 amide bonds. The molecule has 0 spiro atoms. The van der Waals surface area contributed by atoms with E-state index >= 15 is 0 Å².